The van der Waals surface area contributed by atoms with Crippen molar-refractivity contribution in [3.63, 3.8) is 0 Å². The van der Waals surface area contributed by atoms with Crippen LogP contribution in [0, 0.1) is 0 Å². The molecule has 3 atom stereocenters. The smallest absolute Gasteiger partial charge is 0.236 e. The summed E-state index contributed by atoms with van der Waals surface area (Å²) >= 11 is 0. The monoisotopic (exact) mass is 176 g/mol. The predicted octanol–water partition coefficient (Wildman–Crippen LogP) is 0.527. The summed E-state index contributed by atoms with van der Waals surface area (Å²) in [5.41, 5.74) is 6.40. The highest BCUT2D eigenvalue weighted by Gasteiger charge is 2.49. The van der Waals surface area contributed by atoms with Crippen molar-refractivity contribution in [3.8, 4) is 0 Å². The molecule has 0 radical (unpaired) electrons. The summed E-state index contributed by atoms with van der Waals surface area (Å²) < 4.78 is 0. The number of nitrogens with two attached hydrogens (primary N) is 1. The molecule has 1 amide bonds. The van der Waals surface area contributed by atoms with Gasteiger partial charge in [0.1, 0.15) is 6.04 Å². The molecule has 3 nitrogen and oxygen atoms in total. The van der Waals surface area contributed by atoms with Crippen LogP contribution in [0.3, 0.4) is 0 Å². The minimum Gasteiger partial charge on any atom is -0.368 e. The third-order valence-corrected chi connectivity index (χ3v) is 2.52. The molecule has 0 aromatic heterocycles. The molecule has 68 valence electrons. The summed E-state index contributed by atoms with van der Waals surface area (Å²) in [6.45, 7) is 0. The van der Waals surface area contributed by atoms with E-state index in [1.807, 2.05) is 42.3 Å². The van der Waals surface area contributed by atoms with Gasteiger partial charge in [0, 0.05) is 0 Å². The van der Waals surface area contributed by atoms with Gasteiger partial charge >= 0.3 is 0 Å². The van der Waals surface area contributed by atoms with Gasteiger partial charge in [0.15, 0.2) is 0 Å². The van der Waals surface area contributed by atoms with Crippen molar-refractivity contribution in [2.75, 3.05) is 7.05 Å². The van der Waals surface area contributed by atoms with E-state index in [1.54, 1.807) is 0 Å². The molecule has 1 aromatic rings. The summed E-state index contributed by atoms with van der Waals surface area (Å²) in [5, 5.41) is 0. The SMILES string of the molecule is CN1[C@@H](C(N)=O)[C@@H]1c1ccccc1. The molecule has 2 rings (SSSR count). The summed E-state index contributed by atoms with van der Waals surface area (Å²) in [6, 6.07) is 10.0. The number of primary amides is 1. The molecule has 2 N–H and O–H groups in total. The Balaban J connectivity index is 2.18. The lowest BCUT2D eigenvalue weighted by molar-refractivity contribution is -0.118. The van der Waals surface area contributed by atoms with E-state index in [2.05, 4.69) is 0 Å². The quantitative estimate of drug-likeness (QED) is 0.668. The maximum Gasteiger partial charge on any atom is 0.236 e. The summed E-state index contributed by atoms with van der Waals surface area (Å²) in [7, 11) is 1.91. The number of carbonyl (C=O) groups is 1. The third-order valence-electron chi connectivity index (χ3n) is 2.52. The molecule has 13 heavy (non-hydrogen) atoms. The number of carbonyl (C=O) groups excluding carboxylic acids is 1. The highest BCUT2D eigenvalue weighted by atomic mass is 16.1. The lowest BCUT2D eigenvalue weighted by atomic mass is 10.1. The summed E-state index contributed by atoms with van der Waals surface area (Å²) in [5.74, 6) is -0.239. The molecule has 1 aromatic carbocycles. The first-order valence-corrected chi connectivity index (χ1v) is 4.28. The number of hydrogen-bond acceptors (Lipinski definition) is 2. The van der Waals surface area contributed by atoms with E-state index in [9.17, 15) is 4.79 Å². The molecule has 0 saturated carbocycles. The average molecular weight is 176 g/mol. The lowest BCUT2D eigenvalue weighted by Crippen LogP contribution is -2.20. The highest BCUT2D eigenvalue weighted by Crippen LogP contribution is 2.40. The molecule has 0 spiro atoms. The number of nitrogens with zero attached hydrogens (tertiary/aromatic N) is 1. The molecule has 1 fully saturated rings. The van der Waals surface area contributed by atoms with Crippen molar-refractivity contribution in [3.05, 3.63) is 35.9 Å². The fraction of sp³-hybridized carbons (Fsp3) is 0.300. The van der Waals surface area contributed by atoms with E-state index < -0.39 is 0 Å². The predicted molar refractivity (Wildman–Crippen MR) is 49.9 cm³/mol. The average Bonchev–Trinajstić information content (AvgIpc) is 2.79. The second kappa shape index (κ2) is 2.85. The van der Waals surface area contributed by atoms with Gasteiger partial charge in [-0.15, -0.1) is 0 Å². The highest BCUT2D eigenvalue weighted by molar-refractivity contribution is 5.84. The lowest BCUT2D eigenvalue weighted by Gasteiger charge is -1.95. The van der Waals surface area contributed by atoms with Gasteiger partial charge in [-0.2, -0.15) is 0 Å². The first-order valence-electron chi connectivity index (χ1n) is 4.28. The van der Waals surface area contributed by atoms with Crippen molar-refractivity contribution in [1.82, 2.24) is 4.90 Å². The minimum atomic E-state index is -0.239. The van der Waals surface area contributed by atoms with Crippen LogP contribution in [0.1, 0.15) is 11.6 Å². The zero-order valence-electron chi connectivity index (χ0n) is 7.47. The molecule has 1 heterocycles. The Morgan fingerprint density at radius 2 is 2.00 bits per heavy atom. The number of hydrogen-bond donors (Lipinski definition) is 1. The molecular weight excluding hydrogens is 164 g/mol. The normalized spacial score (nSPS) is 31.3. The van der Waals surface area contributed by atoms with E-state index in [0.29, 0.717) is 0 Å². The largest absolute Gasteiger partial charge is 0.368 e. The fourth-order valence-electron chi connectivity index (χ4n) is 1.76. The second-order valence-electron chi connectivity index (χ2n) is 3.37. The zero-order chi connectivity index (χ0) is 9.42. The van der Waals surface area contributed by atoms with Gasteiger partial charge in [0.2, 0.25) is 5.91 Å². The molecule has 1 aliphatic heterocycles. The van der Waals surface area contributed by atoms with E-state index in [0.717, 1.165) is 5.56 Å². The van der Waals surface area contributed by atoms with E-state index in [4.69, 9.17) is 5.73 Å². The maximum atomic E-state index is 10.9. The number of amides is 1. The van der Waals surface area contributed by atoms with E-state index >= 15 is 0 Å². The van der Waals surface area contributed by atoms with Crippen molar-refractivity contribution in [2.24, 2.45) is 5.73 Å². The first-order chi connectivity index (χ1) is 6.22. The second-order valence-corrected chi connectivity index (χ2v) is 3.37. The van der Waals surface area contributed by atoms with Gasteiger partial charge in [0.05, 0.1) is 6.04 Å². The van der Waals surface area contributed by atoms with Crippen LogP contribution in [0.4, 0.5) is 0 Å². The Labute approximate surface area is 77.1 Å². The van der Waals surface area contributed by atoms with Crippen LogP contribution in [0.25, 0.3) is 0 Å². The van der Waals surface area contributed by atoms with Gasteiger partial charge in [-0.25, -0.2) is 0 Å². The van der Waals surface area contributed by atoms with Gasteiger partial charge in [-0.1, -0.05) is 30.3 Å². The minimum absolute atomic E-state index is 0.109. The molecule has 0 bridgehead atoms. The van der Waals surface area contributed by atoms with E-state index in [1.165, 1.54) is 0 Å². The Morgan fingerprint density at radius 1 is 1.38 bits per heavy atom. The van der Waals surface area contributed by atoms with Gasteiger partial charge in [-0.05, 0) is 12.6 Å². The number of rotatable bonds is 2. The van der Waals surface area contributed by atoms with Crippen molar-refractivity contribution in [1.29, 1.82) is 0 Å². The molecule has 1 saturated heterocycles. The van der Waals surface area contributed by atoms with Gasteiger partial charge < -0.3 is 5.73 Å². The Bertz CT molecular complexity index is 323. The van der Waals surface area contributed by atoms with Crippen molar-refractivity contribution in [2.45, 2.75) is 12.1 Å². The van der Waals surface area contributed by atoms with Gasteiger partial charge in [0.25, 0.3) is 0 Å². The first kappa shape index (κ1) is 8.26. The Hall–Kier alpha value is -1.35. The van der Waals surface area contributed by atoms with Crippen molar-refractivity contribution < 1.29 is 4.79 Å². The molecule has 1 aliphatic rings. The summed E-state index contributed by atoms with van der Waals surface area (Å²) in [4.78, 5) is 12.9. The van der Waals surface area contributed by atoms with Gasteiger partial charge in [-0.3, -0.25) is 9.69 Å². The molecular formula is C10H12N2O. The molecule has 1 unspecified atom stereocenters. The Morgan fingerprint density at radius 3 is 2.46 bits per heavy atom. The standard InChI is InChI=1S/C10H12N2O/c1-12-8(9(12)10(11)13)7-5-3-2-4-6-7/h2-6,8-9H,1H3,(H2,11,13)/t8-,9+,12?/m0/s1. The topological polar surface area (TPSA) is 46.1 Å². The molecule has 3 heteroatoms. The molecule has 0 aliphatic carbocycles. The van der Waals surface area contributed by atoms with Crippen LogP contribution >= 0.6 is 0 Å². The summed E-state index contributed by atoms with van der Waals surface area (Å²) in [6.07, 6.45) is 0. The maximum absolute atomic E-state index is 10.9. The van der Waals surface area contributed by atoms with Crippen LogP contribution in [0.5, 0.6) is 0 Å². The van der Waals surface area contributed by atoms with Crippen LogP contribution in [0.15, 0.2) is 30.3 Å². The van der Waals surface area contributed by atoms with Crippen molar-refractivity contribution >= 4 is 5.91 Å². The number of benzene rings is 1. The van der Waals surface area contributed by atoms with Crippen LogP contribution in [-0.4, -0.2) is 23.9 Å². The number of likely N-dealkylation sites (N-methyl/N-ethyl adjacent to an activating group) is 1. The Kier molecular flexibility index (Phi) is 1.81. The third kappa shape index (κ3) is 1.31. The zero-order valence-corrected chi connectivity index (χ0v) is 7.47. The van der Waals surface area contributed by atoms with E-state index in [-0.39, 0.29) is 18.0 Å². The van der Waals surface area contributed by atoms with Crippen LogP contribution < -0.4 is 5.73 Å². The van der Waals surface area contributed by atoms with Crippen LogP contribution in [0.2, 0.25) is 0 Å². The van der Waals surface area contributed by atoms with Crippen LogP contribution in [-0.2, 0) is 4.79 Å². The fourth-order valence-corrected chi connectivity index (χ4v) is 1.76.